The van der Waals surface area contributed by atoms with Crippen LogP contribution in [0.1, 0.15) is 24.2 Å². The quantitative estimate of drug-likeness (QED) is 0.692. The number of hydrogen-bond acceptors (Lipinski definition) is 3. The number of benzene rings is 2. The summed E-state index contributed by atoms with van der Waals surface area (Å²) >= 11 is 6.08. The smallest absolute Gasteiger partial charge is 0.308 e. The molecule has 6 nitrogen and oxygen atoms in total. The Hall–Kier alpha value is -2.86. The number of hydrogen-bond donors (Lipinski definition) is 2. The summed E-state index contributed by atoms with van der Waals surface area (Å²) in [4.78, 5) is 29.6. The molecule has 2 N–H and O–H groups in total. The van der Waals surface area contributed by atoms with Crippen molar-refractivity contribution in [1.82, 2.24) is 9.55 Å². The summed E-state index contributed by atoms with van der Waals surface area (Å²) in [6.07, 6.45) is 2.87. The molecule has 1 aromatic heterocycles. The van der Waals surface area contributed by atoms with E-state index in [1.807, 2.05) is 13.0 Å². The highest BCUT2D eigenvalue weighted by Gasteiger charge is 2.15. The van der Waals surface area contributed by atoms with Gasteiger partial charge in [-0.3, -0.25) is 9.36 Å². The molecular weight excluding hydrogens is 364 g/mol. The van der Waals surface area contributed by atoms with Gasteiger partial charge >= 0.3 is 6.03 Å². The molecule has 3 aromatic rings. The van der Waals surface area contributed by atoms with Crippen LogP contribution in [-0.4, -0.2) is 15.6 Å². The Morgan fingerprint density at radius 2 is 1.85 bits per heavy atom. The molecule has 0 spiro atoms. The number of halogens is 1. The van der Waals surface area contributed by atoms with E-state index < -0.39 is 6.03 Å². The van der Waals surface area contributed by atoms with E-state index in [2.05, 4.69) is 15.6 Å². The first-order chi connectivity index (χ1) is 13.0. The van der Waals surface area contributed by atoms with Crippen molar-refractivity contribution in [2.45, 2.75) is 32.7 Å². The number of amides is 2. The van der Waals surface area contributed by atoms with Gasteiger partial charge in [0.05, 0.1) is 10.9 Å². The molecule has 0 aliphatic carbocycles. The predicted octanol–water partition coefficient (Wildman–Crippen LogP) is 4.34. The van der Waals surface area contributed by atoms with E-state index in [0.29, 0.717) is 33.8 Å². The maximum Gasteiger partial charge on any atom is 0.323 e. The molecule has 4 rings (SSSR count). The van der Waals surface area contributed by atoms with Gasteiger partial charge in [0.25, 0.3) is 5.56 Å². The van der Waals surface area contributed by atoms with Gasteiger partial charge in [-0.2, -0.15) is 0 Å². The van der Waals surface area contributed by atoms with Crippen LogP contribution < -0.4 is 16.2 Å². The van der Waals surface area contributed by atoms with Gasteiger partial charge in [0.1, 0.15) is 5.82 Å². The standard InChI is InChI=1S/C20H19ClN4O2/c1-12-5-6-14(11-16(12)21)23-20(27)22-13-7-8-17-15(10-13)19(26)25-9-3-2-4-18(25)24-17/h5-8,10-11H,2-4,9H2,1H3,(H2,22,23,27). The number of carbonyl (C=O) groups excluding carboxylic acids is 1. The monoisotopic (exact) mass is 382 g/mol. The zero-order chi connectivity index (χ0) is 19.0. The lowest BCUT2D eigenvalue weighted by Gasteiger charge is -2.18. The van der Waals surface area contributed by atoms with Crippen LogP contribution in [-0.2, 0) is 13.0 Å². The Morgan fingerprint density at radius 1 is 1.11 bits per heavy atom. The molecule has 2 heterocycles. The first-order valence-corrected chi connectivity index (χ1v) is 9.27. The Morgan fingerprint density at radius 3 is 2.63 bits per heavy atom. The Balaban J connectivity index is 1.58. The van der Waals surface area contributed by atoms with Gasteiger partial charge < -0.3 is 10.6 Å². The van der Waals surface area contributed by atoms with Gasteiger partial charge in [0.15, 0.2) is 0 Å². The first kappa shape index (κ1) is 17.5. The number of aromatic nitrogens is 2. The van der Waals surface area contributed by atoms with E-state index in [1.54, 1.807) is 34.9 Å². The van der Waals surface area contributed by atoms with Crippen molar-refractivity contribution >= 4 is 39.9 Å². The number of nitrogens with zero attached hydrogens (tertiary/aromatic N) is 2. The van der Waals surface area contributed by atoms with Crippen LogP contribution >= 0.6 is 11.6 Å². The minimum Gasteiger partial charge on any atom is -0.308 e. The molecule has 0 fully saturated rings. The van der Waals surface area contributed by atoms with E-state index in [9.17, 15) is 9.59 Å². The molecule has 0 atom stereocenters. The van der Waals surface area contributed by atoms with Crippen molar-refractivity contribution in [2.75, 3.05) is 10.6 Å². The molecule has 0 unspecified atom stereocenters. The van der Waals surface area contributed by atoms with E-state index in [0.717, 1.165) is 30.7 Å². The van der Waals surface area contributed by atoms with Crippen molar-refractivity contribution in [3.05, 3.63) is 63.2 Å². The molecule has 2 aromatic carbocycles. The van der Waals surface area contributed by atoms with Gasteiger partial charge in [0, 0.05) is 29.4 Å². The third kappa shape index (κ3) is 3.53. The van der Waals surface area contributed by atoms with Crippen molar-refractivity contribution in [2.24, 2.45) is 0 Å². The minimum absolute atomic E-state index is 0.0518. The summed E-state index contributed by atoms with van der Waals surface area (Å²) in [5.74, 6) is 0.841. The van der Waals surface area contributed by atoms with Crippen LogP contribution in [0.3, 0.4) is 0 Å². The fourth-order valence-electron chi connectivity index (χ4n) is 3.28. The first-order valence-electron chi connectivity index (χ1n) is 8.89. The molecule has 2 amide bonds. The number of rotatable bonds is 2. The van der Waals surface area contributed by atoms with Gasteiger partial charge in [-0.25, -0.2) is 9.78 Å². The minimum atomic E-state index is -0.403. The third-order valence-electron chi connectivity index (χ3n) is 4.75. The molecule has 0 saturated carbocycles. The highest BCUT2D eigenvalue weighted by atomic mass is 35.5. The van der Waals surface area contributed by atoms with Crippen LogP contribution in [0.2, 0.25) is 5.02 Å². The molecule has 27 heavy (non-hydrogen) atoms. The lowest BCUT2D eigenvalue weighted by molar-refractivity contribution is 0.262. The van der Waals surface area contributed by atoms with Crippen LogP contribution in [0.5, 0.6) is 0 Å². The van der Waals surface area contributed by atoms with Crippen LogP contribution in [0.4, 0.5) is 16.2 Å². The van der Waals surface area contributed by atoms with Crippen LogP contribution in [0.15, 0.2) is 41.2 Å². The van der Waals surface area contributed by atoms with Crippen molar-refractivity contribution < 1.29 is 4.79 Å². The van der Waals surface area contributed by atoms with E-state index in [4.69, 9.17) is 11.6 Å². The number of aryl methyl sites for hydroxylation is 2. The topological polar surface area (TPSA) is 76.0 Å². The maximum atomic E-state index is 12.8. The van der Waals surface area contributed by atoms with E-state index in [-0.39, 0.29) is 5.56 Å². The van der Waals surface area contributed by atoms with Crippen molar-refractivity contribution in [3.63, 3.8) is 0 Å². The Kier molecular flexibility index (Phi) is 4.58. The van der Waals surface area contributed by atoms with Gasteiger partial charge in [-0.15, -0.1) is 0 Å². The summed E-state index contributed by atoms with van der Waals surface area (Å²) < 4.78 is 1.74. The summed E-state index contributed by atoms with van der Waals surface area (Å²) in [5.41, 5.74) is 2.68. The van der Waals surface area contributed by atoms with E-state index in [1.165, 1.54) is 0 Å². The normalized spacial score (nSPS) is 13.3. The molecule has 138 valence electrons. The summed E-state index contributed by atoms with van der Waals surface area (Å²) in [7, 11) is 0. The van der Waals surface area contributed by atoms with Crippen LogP contribution in [0, 0.1) is 6.92 Å². The lowest BCUT2D eigenvalue weighted by atomic mass is 10.1. The SMILES string of the molecule is Cc1ccc(NC(=O)Nc2ccc3nc4n(c(=O)c3c2)CCCC4)cc1Cl. The average Bonchev–Trinajstić information content (AvgIpc) is 2.65. The second-order valence-electron chi connectivity index (χ2n) is 6.72. The zero-order valence-corrected chi connectivity index (χ0v) is 15.6. The molecule has 0 saturated heterocycles. The molecule has 0 bridgehead atoms. The Bertz CT molecular complexity index is 1110. The molecular formula is C20H19ClN4O2. The molecule has 0 radical (unpaired) electrons. The van der Waals surface area contributed by atoms with Gasteiger partial charge in [-0.05, 0) is 55.7 Å². The highest BCUT2D eigenvalue weighted by molar-refractivity contribution is 6.31. The number of carbonyl (C=O) groups is 1. The van der Waals surface area contributed by atoms with Gasteiger partial charge in [-0.1, -0.05) is 17.7 Å². The van der Waals surface area contributed by atoms with Crippen LogP contribution in [0.25, 0.3) is 10.9 Å². The second kappa shape index (κ2) is 7.04. The number of fused-ring (bicyclic) bond motifs is 2. The van der Waals surface area contributed by atoms with Crippen molar-refractivity contribution in [3.8, 4) is 0 Å². The molecule has 7 heteroatoms. The summed E-state index contributed by atoms with van der Waals surface area (Å²) in [5, 5.41) is 6.59. The number of urea groups is 1. The lowest BCUT2D eigenvalue weighted by Crippen LogP contribution is -2.28. The predicted molar refractivity (Wildman–Crippen MR) is 108 cm³/mol. The van der Waals surface area contributed by atoms with E-state index >= 15 is 0 Å². The molecule has 1 aliphatic rings. The zero-order valence-electron chi connectivity index (χ0n) is 14.9. The second-order valence-corrected chi connectivity index (χ2v) is 7.12. The summed E-state index contributed by atoms with van der Waals surface area (Å²) in [6.45, 7) is 2.59. The Labute approximate surface area is 161 Å². The van der Waals surface area contributed by atoms with Gasteiger partial charge in [0.2, 0.25) is 0 Å². The average molecular weight is 383 g/mol. The fourth-order valence-corrected chi connectivity index (χ4v) is 3.46. The fraction of sp³-hybridized carbons (Fsp3) is 0.250. The highest BCUT2D eigenvalue weighted by Crippen LogP contribution is 2.21. The summed E-state index contributed by atoms with van der Waals surface area (Å²) in [6, 6.07) is 10.1. The molecule has 1 aliphatic heterocycles. The van der Waals surface area contributed by atoms with Crippen molar-refractivity contribution in [1.29, 1.82) is 0 Å². The third-order valence-corrected chi connectivity index (χ3v) is 5.16. The number of nitrogens with one attached hydrogen (secondary N) is 2. The maximum absolute atomic E-state index is 12.8. The number of anilines is 2. The largest absolute Gasteiger partial charge is 0.323 e.